The molecule has 3 nitrogen and oxygen atoms in total. The summed E-state index contributed by atoms with van der Waals surface area (Å²) in [6.07, 6.45) is 1.98. The first-order chi connectivity index (χ1) is 10.3. The van der Waals surface area contributed by atoms with Crippen molar-refractivity contribution < 1.29 is 4.74 Å². The Kier molecular flexibility index (Phi) is 3.73. The lowest BCUT2D eigenvalue weighted by molar-refractivity contribution is 0.340. The Morgan fingerprint density at radius 2 is 1.81 bits per heavy atom. The zero-order valence-electron chi connectivity index (χ0n) is 12.3. The molecule has 0 radical (unpaired) electrons. The summed E-state index contributed by atoms with van der Waals surface area (Å²) < 4.78 is 7.37. The minimum Gasteiger partial charge on any atom is -0.494 e. The highest BCUT2D eigenvalue weighted by Gasteiger charge is 2.02. The number of hydrogen-bond acceptors (Lipinski definition) is 2. The molecule has 0 saturated heterocycles. The number of rotatable bonds is 4. The van der Waals surface area contributed by atoms with Crippen LogP contribution in [0.2, 0.25) is 0 Å². The molecule has 3 rings (SSSR count). The average molecular weight is 278 g/mol. The summed E-state index contributed by atoms with van der Waals surface area (Å²) in [5.41, 5.74) is 4.42. The molecule has 0 spiro atoms. The molecule has 0 aliphatic carbocycles. The van der Waals surface area contributed by atoms with Gasteiger partial charge in [-0.3, -0.25) is 0 Å². The first kappa shape index (κ1) is 13.4. The van der Waals surface area contributed by atoms with Crippen molar-refractivity contribution in [2.24, 2.45) is 0 Å². The molecule has 0 bridgehead atoms. The molecule has 0 N–H and O–H groups in total. The van der Waals surface area contributed by atoms with Crippen molar-refractivity contribution in [1.82, 2.24) is 9.78 Å². The van der Waals surface area contributed by atoms with Crippen LogP contribution < -0.4 is 4.74 Å². The molecule has 21 heavy (non-hydrogen) atoms. The Morgan fingerprint density at radius 1 is 1.00 bits per heavy atom. The van der Waals surface area contributed by atoms with Gasteiger partial charge in [-0.2, -0.15) is 5.10 Å². The first-order valence-electron chi connectivity index (χ1n) is 7.12. The highest BCUT2D eigenvalue weighted by atomic mass is 16.5. The number of benzene rings is 2. The van der Waals surface area contributed by atoms with Gasteiger partial charge in [0.1, 0.15) is 5.75 Å². The third-order valence-electron chi connectivity index (χ3n) is 3.33. The van der Waals surface area contributed by atoms with Crippen LogP contribution in [0.15, 0.2) is 60.8 Å². The molecule has 1 aromatic heterocycles. The minimum atomic E-state index is 0.688. The minimum absolute atomic E-state index is 0.688. The van der Waals surface area contributed by atoms with Gasteiger partial charge < -0.3 is 4.74 Å². The Bertz CT molecular complexity index is 729. The van der Waals surface area contributed by atoms with Crippen LogP contribution in [0.1, 0.15) is 12.6 Å². The summed E-state index contributed by atoms with van der Waals surface area (Å²) in [6.45, 7) is 4.67. The van der Waals surface area contributed by atoms with E-state index in [0.29, 0.717) is 6.61 Å². The Morgan fingerprint density at radius 3 is 2.48 bits per heavy atom. The standard InChI is InChI=1S/C18H18N2O/c1-3-21-18-9-7-15(8-10-18)16-5-4-6-17(13-16)20-12-11-14(2)19-20/h4-13H,3H2,1-2H3. The van der Waals surface area contributed by atoms with E-state index in [2.05, 4.69) is 41.5 Å². The van der Waals surface area contributed by atoms with E-state index in [1.807, 2.05) is 42.9 Å². The van der Waals surface area contributed by atoms with Gasteiger partial charge in [0.2, 0.25) is 0 Å². The number of hydrogen-bond donors (Lipinski definition) is 0. The van der Waals surface area contributed by atoms with Crippen LogP contribution in [-0.2, 0) is 0 Å². The van der Waals surface area contributed by atoms with Gasteiger partial charge in [-0.1, -0.05) is 24.3 Å². The van der Waals surface area contributed by atoms with Gasteiger partial charge >= 0.3 is 0 Å². The summed E-state index contributed by atoms with van der Waals surface area (Å²) in [4.78, 5) is 0. The van der Waals surface area contributed by atoms with Gasteiger partial charge in [0.05, 0.1) is 18.0 Å². The zero-order valence-corrected chi connectivity index (χ0v) is 12.3. The second-order valence-corrected chi connectivity index (χ2v) is 4.91. The third-order valence-corrected chi connectivity index (χ3v) is 3.33. The van der Waals surface area contributed by atoms with Crippen LogP contribution in [0.5, 0.6) is 5.75 Å². The summed E-state index contributed by atoms with van der Waals surface area (Å²) in [5, 5.41) is 4.45. The van der Waals surface area contributed by atoms with E-state index in [0.717, 1.165) is 17.1 Å². The molecule has 106 valence electrons. The van der Waals surface area contributed by atoms with Crippen LogP contribution in [0, 0.1) is 6.92 Å². The van der Waals surface area contributed by atoms with E-state index in [-0.39, 0.29) is 0 Å². The second kappa shape index (κ2) is 5.83. The molecule has 3 aromatic rings. The van der Waals surface area contributed by atoms with Crippen LogP contribution in [-0.4, -0.2) is 16.4 Å². The van der Waals surface area contributed by atoms with Crippen LogP contribution >= 0.6 is 0 Å². The molecule has 3 heteroatoms. The van der Waals surface area contributed by atoms with Crippen molar-refractivity contribution >= 4 is 0 Å². The number of aromatic nitrogens is 2. The smallest absolute Gasteiger partial charge is 0.119 e. The molecule has 0 aliphatic rings. The molecule has 0 amide bonds. The van der Waals surface area contributed by atoms with Crippen molar-refractivity contribution in [1.29, 1.82) is 0 Å². The van der Waals surface area contributed by atoms with Crippen molar-refractivity contribution in [3.05, 3.63) is 66.5 Å². The number of ether oxygens (including phenoxy) is 1. The highest BCUT2D eigenvalue weighted by molar-refractivity contribution is 5.66. The van der Waals surface area contributed by atoms with Crippen LogP contribution in [0.3, 0.4) is 0 Å². The lowest BCUT2D eigenvalue weighted by Crippen LogP contribution is -1.95. The highest BCUT2D eigenvalue weighted by Crippen LogP contribution is 2.24. The van der Waals surface area contributed by atoms with E-state index in [1.54, 1.807) is 0 Å². The largest absolute Gasteiger partial charge is 0.494 e. The SMILES string of the molecule is CCOc1ccc(-c2cccc(-n3ccc(C)n3)c2)cc1. The van der Waals surface area contributed by atoms with Gasteiger partial charge in [0.25, 0.3) is 0 Å². The fourth-order valence-electron chi connectivity index (χ4n) is 2.30. The van der Waals surface area contributed by atoms with Crippen LogP contribution in [0.4, 0.5) is 0 Å². The number of aryl methyl sites for hydroxylation is 1. The Hall–Kier alpha value is -2.55. The quantitative estimate of drug-likeness (QED) is 0.713. The summed E-state index contributed by atoms with van der Waals surface area (Å²) in [6, 6.07) is 18.5. The molecule has 0 fully saturated rings. The second-order valence-electron chi connectivity index (χ2n) is 4.91. The summed E-state index contributed by atoms with van der Waals surface area (Å²) in [5.74, 6) is 0.903. The molecular weight excluding hydrogens is 260 g/mol. The van der Waals surface area contributed by atoms with Crippen LogP contribution in [0.25, 0.3) is 16.8 Å². The van der Waals surface area contributed by atoms with Gasteiger partial charge in [-0.15, -0.1) is 0 Å². The zero-order chi connectivity index (χ0) is 14.7. The van der Waals surface area contributed by atoms with E-state index in [9.17, 15) is 0 Å². The molecular formula is C18H18N2O. The maximum Gasteiger partial charge on any atom is 0.119 e. The molecule has 0 atom stereocenters. The molecule has 2 aromatic carbocycles. The van der Waals surface area contributed by atoms with E-state index >= 15 is 0 Å². The predicted molar refractivity (Wildman–Crippen MR) is 84.9 cm³/mol. The van der Waals surface area contributed by atoms with Gasteiger partial charge in [-0.05, 0) is 55.3 Å². The predicted octanol–water partition coefficient (Wildman–Crippen LogP) is 4.25. The fourth-order valence-corrected chi connectivity index (χ4v) is 2.30. The normalized spacial score (nSPS) is 10.6. The van der Waals surface area contributed by atoms with Crippen molar-refractivity contribution in [3.8, 4) is 22.6 Å². The lowest BCUT2D eigenvalue weighted by atomic mass is 10.1. The van der Waals surface area contributed by atoms with Gasteiger partial charge in [-0.25, -0.2) is 4.68 Å². The Labute approximate surface area is 124 Å². The van der Waals surface area contributed by atoms with Gasteiger partial charge in [0, 0.05) is 6.20 Å². The molecule has 0 unspecified atom stereocenters. The lowest BCUT2D eigenvalue weighted by Gasteiger charge is -2.07. The van der Waals surface area contributed by atoms with Crippen molar-refractivity contribution in [2.45, 2.75) is 13.8 Å². The first-order valence-corrected chi connectivity index (χ1v) is 7.12. The maximum atomic E-state index is 5.48. The fraction of sp³-hybridized carbons (Fsp3) is 0.167. The summed E-state index contributed by atoms with van der Waals surface area (Å²) >= 11 is 0. The maximum absolute atomic E-state index is 5.48. The molecule has 0 aliphatic heterocycles. The van der Waals surface area contributed by atoms with E-state index in [4.69, 9.17) is 4.74 Å². The molecule has 0 saturated carbocycles. The van der Waals surface area contributed by atoms with Crippen molar-refractivity contribution in [2.75, 3.05) is 6.61 Å². The Balaban J connectivity index is 1.92. The van der Waals surface area contributed by atoms with E-state index < -0.39 is 0 Å². The van der Waals surface area contributed by atoms with E-state index in [1.165, 1.54) is 11.1 Å². The number of nitrogens with zero attached hydrogens (tertiary/aromatic N) is 2. The average Bonchev–Trinajstić information content (AvgIpc) is 2.95. The van der Waals surface area contributed by atoms with Crippen molar-refractivity contribution in [3.63, 3.8) is 0 Å². The monoisotopic (exact) mass is 278 g/mol. The molecule has 1 heterocycles. The third kappa shape index (κ3) is 2.97. The summed E-state index contributed by atoms with van der Waals surface area (Å²) in [7, 11) is 0. The topological polar surface area (TPSA) is 27.1 Å². The van der Waals surface area contributed by atoms with Gasteiger partial charge in [0.15, 0.2) is 0 Å².